The van der Waals surface area contributed by atoms with Crippen molar-refractivity contribution in [2.45, 2.75) is 44.6 Å². The van der Waals surface area contributed by atoms with E-state index in [9.17, 15) is 0 Å². The standard InChI is InChI=1S/C16H23NO/c1-11-5-4-6-12(9-11)16(17)14-10-18-15-8-3-2-7-13(14)15/h2-3,7-8,11-12,14,16H,4-6,9-10,17H2,1H3. The predicted molar refractivity (Wildman–Crippen MR) is 73.8 cm³/mol. The Bertz CT molecular complexity index is 417. The average molecular weight is 245 g/mol. The first-order valence-corrected chi connectivity index (χ1v) is 7.23. The van der Waals surface area contributed by atoms with Crippen LogP contribution in [0.15, 0.2) is 24.3 Å². The summed E-state index contributed by atoms with van der Waals surface area (Å²) in [6.07, 6.45) is 5.31. The Hall–Kier alpha value is -1.02. The number of para-hydroxylation sites is 1. The molecule has 1 aromatic carbocycles. The summed E-state index contributed by atoms with van der Waals surface area (Å²) in [6.45, 7) is 3.13. The molecule has 1 aromatic rings. The third kappa shape index (κ3) is 2.14. The van der Waals surface area contributed by atoms with Gasteiger partial charge in [-0.3, -0.25) is 0 Å². The number of nitrogens with two attached hydrogens (primary N) is 1. The molecule has 18 heavy (non-hydrogen) atoms. The summed E-state index contributed by atoms with van der Waals surface area (Å²) in [5, 5.41) is 0. The summed E-state index contributed by atoms with van der Waals surface area (Å²) in [5.74, 6) is 2.96. The van der Waals surface area contributed by atoms with Crippen molar-refractivity contribution in [2.75, 3.05) is 6.61 Å². The third-order valence-corrected chi connectivity index (χ3v) is 4.72. The average Bonchev–Trinajstić information content (AvgIpc) is 2.82. The van der Waals surface area contributed by atoms with E-state index in [1.54, 1.807) is 0 Å². The fourth-order valence-corrected chi connectivity index (χ4v) is 3.67. The SMILES string of the molecule is CC1CCCC(C(N)C2COc3ccccc32)C1. The van der Waals surface area contributed by atoms with Crippen LogP contribution < -0.4 is 10.5 Å². The molecule has 2 heteroatoms. The molecule has 1 saturated carbocycles. The lowest BCUT2D eigenvalue weighted by molar-refractivity contribution is 0.211. The predicted octanol–water partition coefficient (Wildman–Crippen LogP) is 3.32. The quantitative estimate of drug-likeness (QED) is 0.867. The number of rotatable bonds is 2. The topological polar surface area (TPSA) is 35.2 Å². The molecule has 1 fully saturated rings. The molecule has 4 atom stereocenters. The normalized spacial score (nSPS) is 32.7. The second-order valence-corrected chi connectivity index (χ2v) is 6.06. The largest absolute Gasteiger partial charge is 0.493 e. The first kappa shape index (κ1) is 12.0. The Morgan fingerprint density at radius 3 is 2.94 bits per heavy atom. The lowest BCUT2D eigenvalue weighted by Crippen LogP contribution is -2.39. The monoisotopic (exact) mass is 245 g/mol. The molecular weight excluding hydrogens is 222 g/mol. The number of ether oxygens (including phenoxy) is 1. The van der Waals surface area contributed by atoms with Crippen LogP contribution in [0.25, 0.3) is 0 Å². The van der Waals surface area contributed by atoms with Crippen LogP contribution in [-0.2, 0) is 0 Å². The molecule has 98 valence electrons. The van der Waals surface area contributed by atoms with Gasteiger partial charge in [-0.05, 0) is 30.7 Å². The zero-order valence-electron chi connectivity index (χ0n) is 11.1. The van der Waals surface area contributed by atoms with Gasteiger partial charge in [0.2, 0.25) is 0 Å². The molecule has 0 spiro atoms. The fraction of sp³-hybridized carbons (Fsp3) is 0.625. The van der Waals surface area contributed by atoms with E-state index in [0.717, 1.165) is 18.3 Å². The molecule has 1 aliphatic heterocycles. The summed E-state index contributed by atoms with van der Waals surface area (Å²) in [7, 11) is 0. The van der Waals surface area contributed by atoms with Crippen molar-refractivity contribution in [3.05, 3.63) is 29.8 Å². The Labute approximate surface area is 110 Å². The second kappa shape index (κ2) is 4.93. The van der Waals surface area contributed by atoms with E-state index in [4.69, 9.17) is 10.5 Å². The third-order valence-electron chi connectivity index (χ3n) is 4.72. The number of benzene rings is 1. The molecule has 1 aliphatic carbocycles. The van der Waals surface area contributed by atoms with Gasteiger partial charge in [0.05, 0.1) is 6.61 Å². The van der Waals surface area contributed by atoms with Gasteiger partial charge in [-0.2, -0.15) is 0 Å². The van der Waals surface area contributed by atoms with Gasteiger partial charge in [0, 0.05) is 17.5 Å². The van der Waals surface area contributed by atoms with Crippen molar-refractivity contribution in [3.63, 3.8) is 0 Å². The van der Waals surface area contributed by atoms with Gasteiger partial charge < -0.3 is 10.5 Å². The van der Waals surface area contributed by atoms with E-state index >= 15 is 0 Å². The van der Waals surface area contributed by atoms with Gasteiger partial charge in [0.1, 0.15) is 5.75 Å². The summed E-state index contributed by atoms with van der Waals surface area (Å²) in [6, 6.07) is 8.63. The molecule has 4 unspecified atom stereocenters. The Morgan fingerprint density at radius 1 is 1.28 bits per heavy atom. The molecule has 0 saturated heterocycles. The van der Waals surface area contributed by atoms with Crippen molar-refractivity contribution in [3.8, 4) is 5.75 Å². The molecule has 0 aromatic heterocycles. The highest BCUT2D eigenvalue weighted by molar-refractivity contribution is 5.40. The van der Waals surface area contributed by atoms with Gasteiger partial charge in [-0.1, -0.05) is 38.0 Å². The van der Waals surface area contributed by atoms with E-state index in [-0.39, 0.29) is 6.04 Å². The molecular formula is C16H23NO. The van der Waals surface area contributed by atoms with Gasteiger partial charge >= 0.3 is 0 Å². The molecule has 2 nitrogen and oxygen atoms in total. The zero-order valence-corrected chi connectivity index (χ0v) is 11.1. The molecule has 0 radical (unpaired) electrons. The molecule has 1 heterocycles. The van der Waals surface area contributed by atoms with Crippen LogP contribution in [-0.4, -0.2) is 12.6 Å². The summed E-state index contributed by atoms with van der Waals surface area (Å²) in [5.41, 5.74) is 7.87. The lowest BCUT2D eigenvalue weighted by Gasteiger charge is -2.33. The first-order chi connectivity index (χ1) is 8.75. The highest BCUT2D eigenvalue weighted by atomic mass is 16.5. The minimum Gasteiger partial charge on any atom is -0.493 e. The smallest absolute Gasteiger partial charge is 0.122 e. The molecule has 0 amide bonds. The highest BCUT2D eigenvalue weighted by Gasteiger charge is 2.35. The summed E-state index contributed by atoms with van der Waals surface area (Å²) >= 11 is 0. The van der Waals surface area contributed by atoms with Crippen LogP contribution in [0.4, 0.5) is 0 Å². The highest BCUT2D eigenvalue weighted by Crippen LogP contribution is 2.40. The van der Waals surface area contributed by atoms with Crippen LogP contribution in [0, 0.1) is 11.8 Å². The van der Waals surface area contributed by atoms with E-state index in [2.05, 4.69) is 25.1 Å². The number of fused-ring (bicyclic) bond motifs is 1. The summed E-state index contributed by atoms with van der Waals surface area (Å²) in [4.78, 5) is 0. The van der Waals surface area contributed by atoms with Crippen molar-refractivity contribution in [1.29, 1.82) is 0 Å². The maximum absolute atomic E-state index is 6.55. The van der Waals surface area contributed by atoms with Crippen LogP contribution in [0.3, 0.4) is 0 Å². The van der Waals surface area contributed by atoms with Crippen LogP contribution in [0.1, 0.15) is 44.1 Å². The summed E-state index contributed by atoms with van der Waals surface area (Å²) < 4.78 is 5.77. The minimum absolute atomic E-state index is 0.261. The zero-order chi connectivity index (χ0) is 12.5. The van der Waals surface area contributed by atoms with E-state index < -0.39 is 0 Å². The van der Waals surface area contributed by atoms with Crippen LogP contribution in [0.5, 0.6) is 5.75 Å². The van der Waals surface area contributed by atoms with E-state index in [0.29, 0.717) is 11.8 Å². The van der Waals surface area contributed by atoms with Gasteiger partial charge in [-0.15, -0.1) is 0 Å². The molecule has 3 rings (SSSR count). The number of hydrogen-bond acceptors (Lipinski definition) is 2. The Kier molecular flexibility index (Phi) is 3.29. The maximum Gasteiger partial charge on any atom is 0.122 e. The van der Waals surface area contributed by atoms with Crippen LogP contribution in [0.2, 0.25) is 0 Å². The fourth-order valence-electron chi connectivity index (χ4n) is 3.67. The van der Waals surface area contributed by atoms with Crippen molar-refractivity contribution in [1.82, 2.24) is 0 Å². The second-order valence-electron chi connectivity index (χ2n) is 6.06. The van der Waals surface area contributed by atoms with Gasteiger partial charge in [0.15, 0.2) is 0 Å². The Balaban J connectivity index is 1.75. The van der Waals surface area contributed by atoms with E-state index in [1.165, 1.54) is 31.2 Å². The molecule has 2 N–H and O–H groups in total. The lowest BCUT2D eigenvalue weighted by atomic mass is 9.74. The Morgan fingerprint density at radius 2 is 2.11 bits per heavy atom. The van der Waals surface area contributed by atoms with Gasteiger partial charge in [0.25, 0.3) is 0 Å². The maximum atomic E-state index is 6.55. The minimum atomic E-state index is 0.261. The first-order valence-electron chi connectivity index (χ1n) is 7.23. The van der Waals surface area contributed by atoms with Gasteiger partial charge in [-0.25, -0.2) is 0 Å². The molecule has 2 aliphatic rings. The van der Waals surface area contributed by atoms with Crippen molar-refractivity contribution < 1.29 is 4.74 Å². The van der Waals surface area contributed by atoms with Crippen LogP contribution >= 0.6 is 0 Å². The van der Waals surface area contributed by atoms with Crippen molar-refractivity contribution in [2.24, 2.45) is 17.6 Å². The molecule has 0 bridgehead atoms. The van der Waals surface area contributed by atoms with E-state index in [1.807, 2.05) is 6.07 Å². The van der Waals surface area contributed by atoms with Crippen molar-refractivity contribution >= 4 is 0 Å². The number of hydrogen-bond donors (Lipinski definition) is 1.